The molecule has 7 heteroatoms. The first-order valence-electron chi connectivity index (χ1n) is 7.26. The Bertz CT molecular complexity index is 557. The van der Waals surface area contributed by atoms with Crippen molar-refractivity contribution < 1.29 is 14.3 Å². The Morgan fingerprint density at radius 3 is 2.57 bits per heavy atom. The zero-order chi connectivity index (χ0) is 17.2. The monoisotopic (exact) mass is 319 g/mol. The van der Waals surface area contributed by atoms with Crippen LogP contribution in [0.25, 0.3) is 0 Å². The van der Waals surface area contributed by atoms with Gasteiger partial charge in [0.05, 0.1) is 6.61 Å². The van der Waals surface area contributed by atoms with Gasteiger partial charge in [0.15, 0.2) is 0 Å². The van der Waals surface area contributed by atoms with Crippen LogP contribution in [-0.4, -0.2) is 36.6 Å². The van der Waals surface area contributed by atoms with Crippen LogP contribution in [-0.2, 0) is 9.53 Å². The van der Waals surface area contributed by atoms with Gasteiger partial charge < -0.3 is 15.0 Å². The first kappa shape index (κ1) is 18.3. The summed E-state index contributed by atoms with van der Waals surface area (Å²) >= 11 is 0. The van der Waals surface area contributed by atoms with Crippen molar-refractivity contribution in [3.8, 4) is 0 Å². The third-order valence-corrected chi connectivity index (χ3v) is 3.06. The molecule has 0 spiro atoms. The number of amides is 2. The third-order valence-electron chi connectivity index (χ3n) is 3.06. The number of benzene rings is 1. The van der Waals surface area contributed by atoms with Gasteiger partial charge in [-0.25, -0.2) is 4.79 Å². The molecule has 23 heavy (non-hydrogen) atoms. The van der Waals surface area contributed by atoms with Crippen molar-refractivity contribution in [2.75, 3.05) is 25.0 Å². The molecule has 0 saturated heterocycles. The number of nitrogens with zero attached hydrogens (tertiary/aromatic N) is 2. The summed E-state index contributed by atoms with van der Waals surface area (Å²) in [5.41, 5.74) is 1.31. The summed E-state index contributed by atoms with van der Waals surface area (Å²) in [6.07, 6.45) is 1.53. The number of anilines is 1. The largest absolute Gasteiger partial charge is 0.465 e. The van der Waals surface area contributed by atoms with Gasteiger partial charge in [0.1, 0.15) is 12.6 Å². The molecule has 0 aliphatic heterocycles. The maximum Gasteiger partial charge on any atom is 0.325 e. The predicted molar refractivity (Wildman–Crippen MR) is 88.1 cm³/mol. The number of ether oxygens (including phenoxy) is 1. The molecule has 1 unspecified atom stereocenters. The lowest BCUT2D eigenvalue weighted by Crippen LogP contribution is -2.39. The summed E-state index contributed by atoms with van der Waals surface area (Å²) < 4.78 is 4.84. The van der Waals surface area contributed by atoms with Crippen molar-refractivity contribution >= 4 is 17.7 Å². The van der Waals surface area contributed by atoms with Crippen LogP contribution in [0.3, 0.4) is 0 Å². The predicted octanol–water partition coefficient (Wildman–Crippen LogP) is 3.10. The van der Waals surface area contributed by atoms with E-state index < -0.39 is 18.0 Å². The van der Waals surface area contributed by atoms with Crippen molar-refractivity contribution in [3.05, 3.63) is 47.4 Å². The summed E-state index contributed by atoms with van der Waals surface area (Å²) in [5.74, 6) is -0.481. The summed E-state index contributed by atoms with van der Waals surface area (Å²) in [7, 11) is 0. The number of esters is 1. The maximum atomic E-state index is 12.2. The fourth-order valence-corrected chi connectivity index (χ4v) is 1.85. The van der Waals surface area contributed by atoms with E-state index in [0.29, 0.717) is 5.69 Å². The minimum absolute atomic E-state index is 0.157. The van der Waals surface area contributed by atoms with E-state index in [1.807, 2.05) is 0 Å². The average molecular weight is 319 g/mol. The van der Waals surface area contributed by atoms with E-state index >= 15 is 0 Å². The maximum absolute atomic E-state index is 12.2. The van der Waals surface area contributed by atoms with Crippen LogP contribution < -0.4 is 5.32 Å². The minimum Gasteiger partial charge on any atom is -0.465 e. The SMILES string of the molecule is C=CCN(CC(=O)OCC)C(=O)Nc1ccc(C(C)N=O)cc1. The molecule has 0 radical (unpaired) electrons. The number of nitroso groups, excluding NO2 is 1. The molecular weight excluding hydrogens is 298 g/mol. The van der Waals surface area contributed by atoms with Crippen LogP contribution in [0.1, 0.15) is 25.5 Å². The van der Waals surface area contributed by atoms with E-state index in [-0.39, 0.29) is 19.7 Å². The van der Waals surface area contributed by atoms with E-state index in [1.54, 1.807) is 38.1 Å². The second kappa shape index (κ2) is 9.34. The first-order valence-corrected chi connectivity index (χ1v) is 7.26. The summed E-state index contributed by atoms with van der Waals surface area (Å²) in [5, 5.41) is 5.63. The number of urea groups is 1. The fraction of sp³-hybridized carbons (Fsp3) is 0.375. The fourth-order valence-electron chi connectivity index (χ4n) is 1.85. The molecule has 0 fully saturated rings. The lowest BCUT2D eigenvalue weighted by atomic mass is 10.1. The number of carbonyl (C=O) groups is 2. The Labute approximate surface area is 135 Å². The Hall–Kier alpha value is -2.70. The highest BCUT2D eigenvalue weighted by molar-refractivity contribution is 5.91. The number of nitrogens with one attached hydrogen (secondary N) is 1. The molecule has 1 aromatic rings. The van der Waals surface area contributed by atoms with Gasteiger partial charge in [0, 0.05) is 12.2 Å². The Kier molecular flexibility index (Phi) is 7.45. The van der Waals surface area contributed by atoms with Crippen molar-refractivity contribution in [2.45, 2.75) is 19.9 Å². The molecule has 1 atom stereocenters. The Balaban J connectivity index is 2.71. The zero-order valence-corrected chi connectivity index (χ0v) is 13.3. The molecule has 0 aliphatic carbocycles. The average Bonchev–Trinajstić information content (AvgIpc) is 2.54. The molecule has 0 bridgehead atoms. The van der Waals surface area contributed by atoms with Gasteiger partial charge in [-0.3, -0.25) is 4.79 Å². The van der Waals surface area contributed by atoms with Crippen LogP contribution >= 0.6 is 0 Å². The topological polar surface area (TPSA) is 88.1 Å². The number of rotatable bonds is 8. The minimum atomic E-state index is -0.481. The van der Waals surface area contributed by atoms with E-state index in [1.165, 1.54) is 11.0 Å². The van der Waals surface area contributed by atoms with E-state index in [4.69, 9.17) is 4.74 Å². The molecule has 124 valence electrons. The Morgan fingerprint density at radius 1 is 1.39 bits per heavy atom. The summed E-state index contributed by atoms with van der Waals surface area (Å²) in [4.78, 5) is 35.5. The summed E-state index contributed by atoms with van der Waals surface area (Å²) in [6.45, 7) is 7.27. The molecule has 7 nitrogen and oxygen atoms in total. The van der Waals surface area contributed by atoms with E-state index in [9.17, 15) is 14.5 Å². The van der Waals surface area contributed by atoms with Gasteiger partial charge in [-0.05, 0) is 31.5 Å². The number of hydrogen-bond acceptors (Lipinski definition) is 5. The van der Waals surface area contributed by atoms with Gasteiger partial charge in [-0.2, -0.15) is 4.91 Å². The van der Waals surface area contributed by atoms with Gasteiger partial charge in [0.25, 0.3) is 0 Å². The van der Waals surface area contributed by atoms with Gasteiger partial charge >= 0.3 is 12.0 Å². The van der Waals surface area contributed by atoms with Gasteiger partial charge in [-0.1, -0.05) is 23.4 Å². The molecular formula is C16H21N3O4. The van der Waals surface area contributed by atoms with Crippen molar-refractivity contribution in [3.63, 3.8) is 0 Å². The van der Waals surface area contributed by atoms with E-state index in [2.05, 4.69) is 17.1 Å². The van der Waals surface area contributed by atoms with Crippen molar-refractivity contribution in [1.29, 1.82) is 0 Å². The molecule has 0 aromatic heterocycles. The second-order valence-corrected chi connectivity index (χ2v) is 4.81. The molecule has 1 rings (SSSR count). The number of carbonyl (C=O) groups excluding carboxylic acids is 2. The van der Waals surface area contributed by atoms with Crippen molar-refractivity contribution in [2.24, 2.45) is 5.18 Å². The highest BCUT2D eigenvalue weighted by Crippen LogP contribution is 2.18. The molecule has 0 saturated carbocycles. The van der Waals surface area contributed by atoms with E-state index in [0.717, 1.165) is 5.56 Å². The number of hydrogen-bond donors (Lipinski definition) is 1. The second-order valence-electron chi connectivity index (χ2n) is 4.81. The zero-order valence-electron chi connectivity index (χ0n) is 13.3. The molecule has 0 aliphatic rings. The Morgan fingerprint density at radius 2 is 2.04 bits per heavy atom. The van der Waals surface area contributed by atoms with Crippen LogP contribution in [0, 0.1) is 4.91 Å². The van der Waals surface area contributed by atoms with Crippen LogP contribution in [0.15, 0.2) is 42.1 Å². The van der Waals surface area contributed by atoms with Crippen LogP contribution in [0.5, 0.6) is 0 Å². The standard InChI is InChI=1S/C16H21N3O4/c1-4-10-19(11-15(20)23-5-2)16(21)17-14-8-6-13(7-9-14)12(3)18-22/h4,6-9,12H,1,5,10-11H2,2-3H3,(H,17,21). The molecule has 1 N–H and O–H groups in total. The smallest absolute Gasteiger partial charge is 0.325 e. The molecule has 2 amide bonds. The highest BCUT2D eigenvalue weighted by atomic mass is 16.5. The van der Waals surface area contributed by atoms with Gasteiger partial charge in [-0.15, -0.1) is 6.58 Å². The molecule has 1 aromatic carbocycles. The lowest BCUT2D eigenvalue weighted by Gasteiger charge is -2.20. The normalized spacial score (nSPS) is 11.2. The highest BCUT2D eigenvalue weighted by Gasteiger charge is 2.17. The third kappa shape index (κ3) is 5.90. The molecule has 0 heterocycles. The van der Waals surface area contributed by atoms with Gasteiger partial charge in [0.2, 0.25) is 0 Å². The van der Waals surface area contributed by atoms with Crippen LogP contribution in [0.2, 0.25) is 0 Å². The van der Waals surface area contributed by atoms with Crippen LogP contribution in [0.4, 0.5) is 10.5 Å². The summed E-state index contributed by atoms with van der Waals surface area (Å²) in [6, 6.07) is 5.89. The first-order chi connectivity index (χ1) is 11.0. The quantitative estimate of drug-likeness (QED) is 0.453. The van der Waals surface area contributed by atoms with Crippen molar-refractivity contribution in [1.82, 2.24) is 4.90 Å². The lowest BCUT2D eigenvalue weighted by molar-refractivity contribution is -0.143.